The maximum absolute atomic E-state index is 11.7. The summed E-state index contributed by atoms with van der Waals surface area (Å²) < 4.78 is 11.4. The Kier molecular flexibility index (Phi) is 6.44. The third-order valence-corrected chi connectivity index (χ3v) is 5.17. The van der Waals surface area contributed by atoms with Crippen LogP contribution in [0.1, 0.15) is 31.9 Å². The molecule has 3 aromatic carbocycles. The average Bonchev–Trinajstić information content (AvgIpc) is 2.71. The Morgan fingerprint density at radius 1 is 1.00 bits per heavy atom. The number of carbonyl (C=O) groups is 1. The highest BCUT2D eigenvalue weighted by atomic mass is 35.5. The van der Waals surface area contributed by atoms with Crippen molar-refractivity contribution in [3.05, 3.63) is 88.9 Å². The van der Waals surface area contributed by atoms with Crippen LogP contribution in [0.25, 0.3) is 0 Å². The summed E-state index contributed by atoms with van der Waals surface area (Å²) in [7, 11) is 0. The fourth-order valence-corrected chi connectivity index (χ4v) is 3.71. The Hall–Kier alpha value is -3.29. The number of ether oxygens (including phenoxy) is 2. The van der Waals surface area contributed by atoms with Crippen molar-refractivity contribution >= 4 is 17.6 Å². The first kappa shape index (κ1) is 21.4. The SMILES string of the molecule is CC(=O)Oc1ccc(Cl)cc1C(C#N)(c1cccc(Oc2ccccc2)c1)C(C)C. The zero-order chi connectivity index (χ0) is 21.7. The summed E-state index contributed by atoms with van der Waals surface area (Å²) in [4.78, 5) is 11.7. The number of nitrogens with zero attached hydrogens (tertiary/aromatic N) is 1. The van der Waals surface area contributed by atoms with E-state index in [1.165, 1.54) is 6.92 Å². The van der Waals surface area contributed by atoms with Gasteiger partial charge < -0.3 is 9.47 Å². The Morgan fingerprint density at radius 2 is 1.70 bits per heavy atom. The third kappa shape index (κ3) is 4.32. The molecule has 0 heterocycles. The highest BCUT2D eigenvalue weighted by Gasteiger charge is 2.41. The van der Waals surface area contributed by atoms with Crippen LogP contribution in [0.5, 0.6) is 17.2 Å². The summed E-state index contributed by atoms with van der Waals surface area (Å²) in [6.45, 7) is 5.23. The number of para-hydroxylation sites is 1. The van der Waals surface area contributed by atoms with Crippen LogP contribution in [0.3, 0.4) is 0 Å². The molecule has 0 aromatic heterocycles. The van der Waals surface area contributed by atoms with Gasteiger partial charge in [0.15, 0.2) is 0 Å². The molecular weight excluding hydrogens is 398 g/mol. The van der Waals surface area contributed by atoms with E-state index in [1.54, 1.807) is 18.2 Å². The van der Waals surface area contributed by atoms with Crippen LogP contribution in [0.15, 0.2) is 72.8 Å². The number of benzene rings is 3. The van der Waals surface area contributed by atoms with Gasteiger partial charge in [-0.25, -0.2) is 0 Å². The van der Waals surface area contributed by atoms with Crippen LogP contribution in [0, 0.1) is 17.2 Å². The van der Waals surface area contributed by atoms with E-state index in [2.05, 4.69) is 6.07 Å². The molecule has 0 amide bonds. The van der Waals surface area contributed by atoms with E-state index in [0.29, 0.717) is 27.8 Å². The van der Waals surface area contributed by atoms with Crippen molar-refractivity contribution in [3.8, 4) is 23.3 Å². The molecule has 4 nitrogen and oxygen atoms in total. The van der Waals surface area contributed by atoms with Gasteiger partial charge in [-0.05, 0) is 53.9 Å². The van der Waals surface area contributed by atoms with Crippen molar-refractivity contribution in [1.29, 1.82) is 5.26 Å². The zero-order valence-corrected chi connectivity index (χ0v) is 17.8. The van der Waals surface area contributed by atoms with Crippen LogP contribution >= 0.6 is 11.6 Å². The molecule has 0 saturated carbocycles. The standard InChI is InChI=1S/C25H22ClNO3/c1-17(2)25(16-27,23-15-20(26)12-13-24(23)29-18(3)28)19-8-7-11-22(14-19)30-21-9-5-4-6-10-21/h4-15,17H,1-3H3. The van der Waals surface area contributed by atoms with Gasteiger partial charge in [0.25, 0.3) is 0 Å². The summed E-state index contributed by atoms with van der Waals surface area (Å²) in [6, 6.07) is 24.3. The van der Waals surface area contributed by atoms with Crippen molar-refractivity contribution in [3.63, 3.8) is 0 Å². The Morgan fingerprint density at radius 3 is 2.33 bits per heavy atom. The van der Waals surface area contributed by atoms with Crippen molar-refractivity contribution in [2.45, 2.75) is 26.2 Å². The van der Waals surface area contributed by atoms with Crippen LogP contribution in [-0.2, 0) is 10.2 Å². The van der Waals surface area contributed by atoms with Gasteiger partial charge in [-0.3, -0.25) is 4.79 Å². The van der Waals surface area contributed by atoms with Gasteiger partial charge in [0, 0.05) is 17.5 Å². The molecule has 1 unspecified atom stereocenters. The minimum absolute atomic E-state index is 0.151. The molecule has 0 aliphatic heterocycles. The monoisotopic (exact) mass is 419 g/mol. The minimum atomic E-state index is -1.11. The number of nitriles is 1. The molecule has 0 N–H and O–H groups in total. The van der Waals surface area contributed by atoms with Crippen LogP contribution in [-0.4, -0.2) is 5.97 Å². The van der Waals surface area contributed by atoms with Gasteiger partial charge in [-0.15, -0.1) is 0 Å². The lowest BCUT2D eigenvalue weighted by atomic mass is 9.67. The van der Waals surface area contributed by atoms with Crippen LogP contribution in [0.4, 0.5) is 0 Å². The smallest absolute Gasteiger partial charge is 0.308 e. The van der Waals surface area contributed by atoms with E-state index < -0.39 is 11.4 Å². The summed E-state index contributed by atoms with van der Waals surface area (Å²) in [5.74, 6) is 1.01. The summed E-state index contributed by atoms with van der Waals surface area (Å²) in [6.07, 6.45) is 0. The molecule has 0 aliphatic carbocycles. The van der Waals surface area contributed by atoms with Gasteiger partial charge in [0.1, 0.15) is 22.7 Å². The highest BCUT2D eigenvalue weighted by Crippen LogP contribution is 2.45. The summed E-state index contributed by atoms with van der Waals surface area (Å²) in [5, 5.41) is 10.9. The summed E-state index contributed by atoms with van der Waals surface area (Å²) in [5.41, 5.74) is 0.162. The molecular formula is C25H22ClNO3. The second-order valence-corrected chi connectivity index (χ2v) is 7.69. The lowest BCUT2D eigenvalue weighted by molar-refractivity contribution is -0.131. The molecule has 3 rings (SSSR count). The van der Waals surface area contributed by atoms with Gasteiger partial charge in [-0.1, -0.05) is 55.8 Å². The Labute approximate surface area is 181 Å². The molecule has 5 heteroatoms. The maximum Gasteiger partial charge on any atom is 0.308 e. The molecule has 152 valence electrons. The number of halogens is 1. The first-order valence-electron chi connectivity index (χ1n) is 9.60. The molecule has 0 bridgehead atoms. The number of hydrogen-bond donors (Lipinski definition) is 0. The molecule has 0 aliphatic rings. The van der Waals surface area contributed by atoms with E-state index in [1.807, 2.05) is 68.4 Å². The molecule has 30 heavy (non-hydrogen) atoms. The van der Waals surface area contributed by atoms with E-state index in [4.69, 9.17) is 21.1 Å². The largest absolute Gasteiger partial charge is 0.457 e. The van der Waals surface area contributed by atoms with E-state index in [0.717, 1.165) is 5.56 Å². The van der Waals surface area contributed by atoms with Crippen molar-refractivity contribution in [2.24, 2.45) is 5.92 Å². The lowest BCUT2D eigenvalue weighted by Crippen LogP contribution is -2.33. The quantitative estimate of drug-likeness (QED) is 0.337. The van der Waals surface area contributed by atoms with Gasteiger partial charge in [0.05, 0.1) is 6.07 Å². The van der Waals surface area contributed by atoms with E-state index in [-0.39, 0.29) is 5.92 Å². The van der Waals surface area contributed by atoms with Crippen molar-refractivity contribution < 1.29 is 14.3 Å². The van der Waals surface area contributed by atoms with E-state index in [9.17, 15) is 10.1 Å². The minimum Gasteiger partial charge on any atom is -0.457 e. The molecule has 3 aromatic rings. The average molecular weight is 420 g/mol. The molecule has 0 saturated heterocycles. The molecule has 0 fully saturated rings. The van der Waals surface area contributed by atoms with Crippen molar-refractivity contribution in [1.82, 2.24) is 0 Å². The second-order valence-electron chi connectivity index (χ2n) is 7.25. The Balaban J connectivity index is 2.17. The maximum atomic E-state index is 11.7. The molecule has 1 atom stereocenters. The first-order chi connectivity index (χ1) is 14.4. The molecule has 0 spiro atoms. The Bertz CT molecular complexity index is 1090. The van der Waals surface area contributed by atoms with Crippen molar-refractivity contribution in [2.75, 3.05) is 0 Å². The molecule has 0 radical (unpaired) electrons. The fraction of sp³-hybridized carbons (Fsp3) is 0.200. The van der Waals surface area contributed by atoms with E-state index >= 15 is 0 Å². The lowest BCUT2D eigenvalue weighted by Gasteiger charge is -2.33. The zero-order valence-electron chi connectivity index (χ0n) is 17.1. The van der Waals surface area contributed by atoms with Gasteiger partial charge >= 0.3 is 5.97 Å². The predicted molar refractivity (Wildman–Crippen MR) is 117 cm³/mol. The summed E-state index contributed by atoms with van der Waals surface area (Å²) >= 11 is 6.27. The first-order valence-corrected chi connectivity index (χ1v) is 9.97. The number of carbonyl (C=O) groups excluding carboxylic acids is 1. The highest BCUT2D eigenvalue weighted by molar-refractivity contribution is 6.30. The normalized spacial score (nSPS) is 12.7. The number of hydrogen-bond acceptors (Lipinski definition) is 4. The second kappa shape index (κ2) is 9.02. The van der Waals surface area contributed by atoms with Crippen LogP contribution < -0.4 is 9.47 Å². The number of esters is 1. The fourth-order valence-electron chi connectivity index (χ4n) is 3.54. The number of rotatable bonds is 6. The third-order valence-electron chi connectivity index (χ3n) is 4.93. The topological polar surface area (TPSA) is 59.3 Å². The predicted octanol–water partition coefficient (Wildman–Crippen LogP) is 6.52. The van der Waals surface area contributed by atoms with Gasteiger partial charge in [0.2, 0.25) is 0 Å². The van der Waals surface area contributed by atoms with Gasteiger partial charge in [-0.2, -0.15) is 5.26 Å². The van der Waals surface area contributed by atoms with Crippen LogP contribution in [0.2, 0.25) is 5.02 Å².